The van der Waals surface area contributed by atoms with Gasteiger partial charge in [-0.3, -0.25) is 9.67 Å². The van der Waals surface area contributed by atoms with Crippen LogP contribution in [0.5, 0.6) is 0 Å². The Morgan fingerprint density at radius 1 is 1.35 bits per heavy atom. The minimum absolute atomic E-state index is 0.144. The zero-order chi connectivity index (χ0) is 12.5. The van der Waals surface area contributed by atoms with E-state index in [-0.39, 0.29) is 5.75 Å². The maximum atomic E-state index is 11.3. The normalized spacial score (nSPS) is 11.6. The number of benzene rings is 1. The maximum Gasteiger partial charge on any atom is 0.199 e. The summed E-state index contributed by atoms with van der Waals surface area (Å²) in [4.78, 5) is 0. The standard InChI is InChI=1S/C10H11N3O2S2/c1-17(14,15)7-9-11-12-10(16)13(9)8-5-3-2-4-6-8/h2-6H,7H2,1H3,(H,12,16). The molecule has 0 unspecified atom stereocenters. The average Bonchev–Trinajstić information content (AvgIpc) is 2.58. The number of hydrogen-bond acceptors (Lipinski definition) is 4. The molecule has 0 bridgehead atoms. The van der Waals surface area contributed by atoms with E-state index < -0.39 is 9.84 Å². The van der Waals surface area contributed by atoms with E-state index in [1.807, 2.05) is 30.3 Å². The van der Waals surface area contributed by atoms with Crippen molar-refractivity contribution in [3.8, 4) is 5.69 Å². The van der Waals surface area contributed by atoms with Crippen LogP contribution in [0.25, 0.3) is 5.69 Å². The van der Waals surface area contributed by atoms with Gasteiger partial charge in [-0.05, 0) is 24.4 Å². The molecule has 0 aliphatic rings. The summed E-state index contributed by atoms with van der Waals surface area (Å²) in [6.07, 6.45) is 1.17. The fourth-order valence-corrected chi connectivity index (χ4v) is 2.42. The van der Waals surface area contributed by atoms with Crippen molar-refractivity contribution in [1.29, 1.82) is 0 Å². The Morgan fingerprint density at radius 2 is 2.00 bits per heavy atom. The molecule has 0 aliphatic carbocycles. The van der Waals surface area contributed by atoms with Crippen LogP contribution in [0, 0.1) is 4.77 Å². The molecule has 2 aromatic rings. The second-order valence-electron chi connectivity index (χ2n) is 3.69. The maximum absolute atomic E-state index is 11.3. The van der Waals surface area contributed by atoms with E-state index in [0.29, 0.717) is 10.6 Å². The molecular weight excluding hydrogens is 258 g/mol. The summed E-state index contributed by atoms with van der Waals surface area (Å²) in [6.45, 7) is 0. The van der Waals surface area contributed by atoms with Gasteiger partial charge in [-0.2, -0.15) is 5.10 Å². The van der Waals surface area contributed by atoms with Crippen LogP contribution in [0.3, 0.4) is 0 Å². The van der Waals surface area contributed by atoms with E-state index in [1.165, 1.54) is 6.26 Å². The summed E-state index contributed by atoms with van der Waals surface area (Å²) in [5, 5.41) is 6.55. The quantitative estimate of drug-likeness (QED) is 0.857. The first-order chi connectivity index (χ1) is 7.97. The van der Waals surface area contributed by atoms with Gasteiger partial charge in [0.1, 0.15) is 5.75 Å². The van der Waals surface area contributed by atoms with E-state index in [9.17, 15) is 8.42 Å². The van der Waals surface area contributed by atoms with E-state index >= 15 is 0 Å². The van der Waals surface area contributed by atoms with Crippen molar-refractivity contribution in [3.63, 3.8) is 0 Å². The summed E-state index contributed by atoms with van der Waals surface area (Å²) >= 11 is 5.09. The number of H-pyrrole nitrogens is 1. The molecule has 90 valence electrons. The molecule has 0 radical (unpaired) electrons. The molecule has 1 N–H and O–H groups in total. The van der Waals surface area contributed by atoms with Crippen molar-refractivity contribution >= 4 is 22.1 Å². The van der Waals surface area contributed by atoms with Crippen molar-refractivity contribution < 1.29 is 8.42 Å². The Morgan fingerprint density at radius 3 is 2.59 bits per heavy atom. The summed E-state index contributed by atoms with van der Waals surface area (Å²) in [7, 11) is -3.14. The minimum Gasteiger partial charge on any atom is -0.271 e. The molecule has 0 aliphatic heterocycles. The van der Waals surface area contributed by atoms with Gasteiger partial charge in [0.15, 0.2) is 20.4 Å². The number of hydrogen-bond donors (Lipinski definition) is 1. The zero-order valence-electron chi connectivity index (χ0n) is 9.12. The van der Waals surface area contributed by atoms with Crippen molar-refractivity contribution in [3.05, 3.63) is 40.9 Å². The van der Waals surface area contributed by atoms with Crippen LogP contribution >= 0.6 is 12.2 Å². The second-order valence-corrected chi connectivity index (χ2v) is 6.21. The van der Waals surface area contributed by atoms with Crippen molar-refractivity contribution in [2.45, 2.75) is 5.75 Å². The summed E-state index contributed by atoms with van der Waals surface area (Å²) < 4.78 is 24.6. The fourth-order valence-electron chi connectivity index (χ4n) is 1.50. The fraction of sp³-hybridized carbons (Fsp3) is 0.200. The molecule has 1 aromatic carbocycles. The highest BCUT2D eigenvalue weighted by Gasteiger charge is 2.13. The number of nitrogens with zero attached hydrogens (tertiary/aromatic N) is 2. The van der Waals surface area contributed by atoms with Crippen LogP contribution in [0.15, 0.2) is 30.3 Å². The number of rotatable bonds is 3. The Bertz CT molecular complexity index is 671. The Balaban J connectivity index is 2.55. The predicted octanol–water partition coefficient (Wildman–Crippen LogP) is 1.47. The third kappa shape index (κ3) is 2.80. The number of nitrogens with one attached hydrogen (secondary N) is 1. The Hall–Kier alpha value is -1.47. The number of para-hydroxylation sites is 1. The summed E-state index contributed by atoms with van der Waals surface area (Å²) in [5.74, 6) is 0.248. The predicted molar refractivity (Wildman–Crippen MR) is 67.3 cm³/mol. The van der Waals surface area contributed by atoms with Crippen LogP contribution in [-0.2, 0) is 15.6 Å². The van der Waals surface area contributed by atoms with Crippen LogP contribution in [0.2, 0.25) is 0 Å². The highest BCUT2D eigenvalue weighted by molar-refractivity contribution is 7.89. The number of sulfone groups is 1. The minimum atomic E-state index is -3.14. The van der Waals surface area contributed by atoms with Gasteiger partial charge in [-0.15, -0.1) is 0 Å². The van der Waals surface area contributed by atoms with Gasteiger partial charge in [-0.25, -0.2) is 8.42 Å². The van der Waals surface area contributed by atoms with Crippen molar-refractivity contribution in [2.24, 2.45) is 0 Å². The molecule has 1 heterocycles. The summed E-state index contributed by atoms with van der Waals surface area (Å²) in [5.41, 5.74) is 0.796. The van der Waals surface area contributed by atoms with E-state index in [0.717, 1.165) is 5.69 Å². The van der Waals surface area contributed by atoms with Gasteiger partial charge in [0.25, 0.3) is 0 Å². The van der Waals surface area contributed by atoms with Gasteiger partial charge in [-0.1, -0.05) is 18.2 Å². The lowest BCUT2D eigenvalue weighted by Gasteiger charge is -2.05. The first-order valence-corrected chi connectivity index (χ1v) is 7.34. The van der Waals surface area contributed by atoms with E-state index in [4.69, 9.17) is 12.2 Å². The third-order valence-electron chi connectivity index (χ3n) is 2.15. The van der Waals surface area contributed by atoms with Gasteiger partial charge < -0.3 is 0 Å². The van der Waals surface area contributed by atoms with Crippen molar-refractivity contribution in [1.82, 2.24) is 14.8 Å². The Kier molecular flexibility index (Phi) is 3.12. The first kappa shape index (κ1) is 12.0. The molecule has 7 heteroatoms. The highest BCUT2D eigenvalue weighted by atomic mass is 32.2. The van der Waals surface area contributed by atoms with Crippen molar-refractivity contribution in [2.75, 3.05) is 6.26 Å². The molecule has 0 atom stereocenters. The molecule has 0 fully saturated rings. The molecule has 0 saturated heterocycles. The van der Waals surface area contributed by atoms with Crippen LogP contribution in [0.4, 0.5) is 0 Å². The molecular formula is C10H11N3O2S2. The van der Waals surface area contributed by atoms with Gasteiger partial charge >= 0.3 is 0 Å². The number of aromatic amines is 1. The first-order valence-electron chi connectivity index (χ1n) is 4.87. The Labute approximate surface area is 104 Å². The van der Waals surface area contributed by atoms with Gasteiger partial charge in [0.2, 0.25) is 0 Å². The van der Waals surface area contributed by atoms with E-state index in [1.54, 1.807) is 4.57 Å². The topological polar surface area (TPSA) is 67.8 Å². The molecule has 17 heavy (non-hydrogen) atoms. The molecule has 0 amide bonds. The average molecular weight is 269 g/mol. The second kappa shape index (κ2) is 4.42. The lowest BCUT2D eigenvalue weighted by molar-refractivity contribution is 0.599. The van der Waals surface area contributed by atoms with Gasteiger partial charge in [0.05, 0.1) is 0 Å². The zero-order valence-corrected chi connectivity index (χ0v) is 10.8. The lowest BCUT2D eigenvalue weighted by Crippen LogP contribution is -2.08. The van der Waals surface area contributed by atoms with Crippen LogP contribution in [0.1, 0.15) is 5.82 Å². The van der Waals surface area contributed by atoms with Gasteiger partial charge in [0, 0.05) is 11.9 Å². The summed E-state index contributed by atoms with van der Waals surface area (Å²) in [6, 6.07) is 9.28. The van der Waals surface area contributed by atoms with E-state index in [2.05, 4.69) is 10.2 Å². The molecule has 5 nitrogen and oxygen atoms in total. The highest BCUT2D eigenvalue weighted by Crippen LogP contribution is 2.12. The molecule has 0 spiro atoms. The smallest absolute Gasteiger partial charge is 0.199 e. The third-order valence-corrected chi connectivity index (χ3v) is 3.20. The lowest BCUT2D eigenvalue weighted by atomic mass is 10.3. The molecule has 0 saturated carbocycles. The molecule has 1 aromatic heterocycles. The molecule has 2 rings (SSSR count). The SMILES string of the molecule is CS(=O)(=O)Cc1n[nH]c(=S)n1-c1ccccc1. The van der Waals surface area contributed by atoms with Crippen LogP contribution in [-0.4, -0.2) is 29.4 Å². The van der Waals surface area contributed by atoms with Crippen LogP contribution < -0.4 is 0 Å². The largest absolute Gasteiger partial charge is 0.271 e. The number of aromatic nitrogens is 3. The monoisotopic (exact) mass is 269 g/mol.